The minimum absolute atomic E-state index is 0.191. The van der Waals surface area contributed by atoms with Crippen molar-refractivity contribution in [3.8, 4) is 0 Å². The summed E-state index contributed by atoms with van der Waals surface area (Å²) in [6, 6.07) is 2.91. The van der Waals surface area contributed by atoms with Crippen LogP contribution in [-0.4, -0.2) is 33.0 Å². The molecule has 1 aromatic rings. The Hall–Kier alpha value is -1.79. The zero-order valence-corrected chi connectivity index (χ0v) is 9.33. The number of nitrogens with two attached hydrogens (primary N) is 1. The van der Waals surface area contributed by atoms with Gasteiger partial charge in [-0.1, -0.05) is 6.07 Å². The fraction of sp³-hybridized carbons (Fsp3) is 0.364. The van der Waals surface area contributed by atoms with E-state index < -0.39 is 18.1 Å². The topological polar surface area (TPSA) is 114 Å². The number of ketones is 1. The van der Waals surface area contributed by atoms with Crippen molar-refractivity contribution in [1.82, 2.24) is 4.98 Å². The number of carbonyl (C=O) groups excluding carboxylic acids is 2. The van der Waals surface area contributed by atoms with Crippen LogP contribution in [0, 0.1) is 0 Å². The number of nitrogens with zero attached hydrogens (tertiary/aromatic N) is 1. The Balaban J connectivity index is 2.78. The molecule has 1 amide bonds. The maximum atomic E-state index is 11.0. The lowest BCUT2D eigenvalue weighted by atomic mass is 10.0. The summed E-state index contributed by atoms with van der Waals surface area (Å²) in [5.41, 5.74) is 5.49. The van der Waals surface area contributed by atoms with Gasteiger partial charge in [0.15, 0.2) is 5.78 Å². The van der Waals surface area contributed by atoms with Gasteiger partial charge in [0.05, 0.1) is 12.5 Å². The van der Waals surface area contributed by atoms with Crippen LogP contribution in [0.2, 0.25) is 0 Å². The van der Waals surface area contributed by atoms with E-state index in [2.05, 4.69) is 4.98 Å². The van der Waals surface area contributed by atoms with Crippen LogP contribution in [0.1, 0.15) is 35.5 Å². The van der Waals surface area contributed by atoms with E-state index in [4.69, 9.17) is 5.73 Å². The molecule has 0 saturated carbocycles. The Kier molecular flexibility index (Phi) is 4.30. The molecular weight excluding hydrogens is 224 g/mol. The molecule has 1 aromatic heterocycles. The van der Waals surface area contributed by atoms with E-state index in [1.54, 1.807) is 0 Å². The maximum absolute atomic E-state index is 11.0. The molecule has 2 unspecified atom stereocenters. The smallest absolute Gasteiger partial charge is 0.220 e. The highest BCUT2D eigenvalue weighted by Gasteiger charge is 2.20. The molecule has 0 aliphatic rings. The van der Waals surface area contributed by atoms with Crippen LogP contribution in [0.4, 0.5) is 0 Å². The van der Waals surface area contributed by atoms with Crippen molar-refractivity contribution in [2.75, 3.05) is 0 Å². The van der Waals surface area contributed by atoms with Crippen LogP contribution >= 0.6 is 0 Å². The quantitative estimate of drug-likeness (QED) is 0.601. The molecule has 0 bridgehead atoms. The number of aliphatic hydroxyl groups is 2. The van der Waals surface area contributed by atoms with Gasteiger partial charge in [-0.05, 0) is 6.07 Å². The summed E-state index contributed by atoms with van der Waals surface area (Å²) in [5, 5.41) is 19.2. The summed E-state index contributed by atoms with van der Waals surface area (Å²) in [6.07, 6.45) is -1.59. The summed E-state index contributed by atoms with van der Waals surface area (Å²) in [4.78, 5) is 25.4. The summed E-state index contributed by atoms with van der Waals surface area (Å²) in [6.45, 7) is 1.38. The Labute approximate surface area is 98.1 Å². The maximum Gasteiger partial charge on any atom is 0.220 e. The number of hydrogen-bond donors (Lipinski definition) is 3. The Morgan fingerprint density at radius 3 is 2.47 bits per heavy atom. The summed E-state index contributed by atoms with van der Waals surface area (Å²) in [5.74, 6) is -0.895. The molecule has 0 aromatic carbocycles. The second kappa shape index (κ2) is 5.51. The summed E-state index contributed by atoms with van der Waals surface area (Å²) < 4.78 is 0. The number of amides is 1. The van der Waals surface area contributed by atoms with E-state index in [1.165, 1.54) is 25.3 Å². The zero-order chi connectivity index (χ0) is 13.0. The molecule has 0 saturated heterocycles. The third-order valence-electron chi connectivity index (χ3n) is 2.26. The molecule has 0 aliphatic carbocycles. The molecule has 0 radical (unpaired) electrons. The molecule has 4 N–H and O–H groups in total. The summed E-state index contributed by atoms with van der Waals surface area (Å²) >= 11 is 0. The molecule has 17 heavy (non-hydrogen) atoms. The normalized spacial score (nSPS) is 14.1. The number of rotatable bonds is 5. The average molecular weight is 238 g/mol. The fourth-order valence-electron chi connectivity index (χ4n) is 1.33. The zero-order valence-electron chi connectivity index (χ0n) is 9.33. The van der Waals surface area contributed by atoms with Crippen molar-refractivity contribution in [2.24, 2.45) is 5.73 Å². The van der Waals surface area contributed by atoms with Crippen molar-refractivity contribution < 1.29 is 19.8 Å². The predicted molar refractivity (Wildman–Crippen MR) is 59.0 cm³/mol. The molecular formula is C11H14N2O4. The molecule has 2 atom stereocenters. The molecule has 1 rings (SSSR count). The van der Waals surface area contributed by atoms with E-state index in [0.717, 1.165) is 0 Å². The Bertz CT molecular complexity index is 416. The van der Waals surface area contributed by atoms with E-state index >= 15 is 0 Å². The highest BCUT2D eigenvalue weighted by molar-refractivity contribution is 5.91. The van der Waals surface area contributed by atoms with Crippen molar-refractivity contribution in [3.05, 3.63) is 29.6 Å². The molecule has 1 heterocycles. The van der Waals surface area contributed by atoms with Crippen LogP contribution < -0.4 is 5.73 Å². The third-order valence-corrected chi connectivity index (χ3v) is 2.26. The second-order valence-electron chi connectivity index (χ2n) is 3.72. The van der Waals surface area contributed by atoms with Crippen LogP contribution in [0.25, 0.3) is 0 Å². The standard InChI is InChI=1S/C11H14N2O4/c1-6(14)8-3-2-7(5-13-8)11(17)9(15)4-10(12)16/h2-3,5,9,11,15,17H,4H2,1H3,(H2,12,16). The third kappa shape index (κ3) is 3.61. The van der Waals surface area contributed by atoms with E-state index in [9.17, 15) is 19.8 Å². The van der Waals surface area contributed by atoms with E-state index in [1.807, 2.05) is 0 Å². The predicted octanol–water partition coefficient (Wildman–Crippen LogP) is -0.446. The minimum Gasteiger partial charge on any atom is -0.390 e. The van der Waals surface area contributed by atoms with Crippen LogP contribution in [0.15, 0.2) is 18.3 Å². The van der Waals surface area contributed by atoms with Gasteiger partial charge >= 0.3 is 0 Å². The largest absolute Gasteiger partial charge is 0.390 e. The van der Waals surface area contributed by atoms with Crippen molar-refractivity contribution >= 4 is 11.7 Å². The molecule has 0 spiro atoms. The average Bonchev–Trinajstić information content (AvgIpc) is 2.27. The van der Waals surface area contributed by atoms with E-state index in [0.29, 0.717) is 5.56 Å². The van der Waals surface area contributed by atoms with Gasteiger partial charge in [0.25, 0.3) is 0 Å². The van der Waals surface area contributed by atoms with Gasteiger partial charge in [-0.2, -0.15) is 0 Å². The van der Waals surface area contributed by atoms with Gasteiger partial charge < -0.3 is 15.9 Å². The number of primary amides is 1. The molecule has 6 heteroatoms. The van der Waals surface area contributed by atoms with Crippen LogP contribution in [0.3, 0.4) is 0 Å². The molecule has 0 aliphatic heterocycles. The fourth-order valence-corrected chi connectivity index (χ4v) is 1.33. The Morgan fingerprint density at radius 1 is 1.41 bits per heavy atom. The van der Waals surface area contributed by atoms with Gasteiger partial charge in [-0.3, -0.25) is 14.6 Å². The molecule has 0 fully saturated rings. The lowest BCUT2D eigenvalue weighted by molar-refractivity contribution is -0.121. The number of hydrogen-bond acceptors (Lipinski definition) is 5. The number of aliphatic hydroxyl groups excluding tert-OH is 2. The SMILES string of the molecule is CC(=O)c1ccc(C(O)C(O)CC(N)=O)cn1. The lowest BCUT2D eigenvalue weighted by Gasteiger charge is -2.16. The highest BCUT2D eigenvalue weighted by atomic mass is 16.3. The number of pyridine rings is 1. The first-order valence-electron chi connectivity index (χ1n) is 5.03. The number of aromatic nitrogens is 1. The van der Waals surface area contributed by atoms with Crippen LogP contribution in [-0.2, 0) is 4.79 Å². The number of Topliss-reactive ketones (excluding diaryl/α,β-unsaturated/α-hetero) is 1. The summed E-state index contributed by atoms with van der Waals surface area (Å²) in [7, 11) is 0. The number of carbonyl (C=O) groups is 2. The monoisotopic (exact) mass is 238 g/mol. The van der Waals surface area contributed by atoms with Gasteiger partial charge in [0.2, 0.25) is 5.91 Å². The van der Waals surface area contributed by atoms with Crippen molar-refractivity contribution in [1.29, 1.82) is 0 Å². The lowest BCUT2D eigenvalue weighted by Crippen LogP contribution is -2.25. The van der Waals surface area contributed by atoms with Gasteiger partial charge in [-0.25, -0.2) is 0 Å². The van der Waals surface area contributed by atoms with Crippen LogP contribution in [0.5, 0.6) is 0 Å². The van der Waals surface area contributed by atoms with Gasteiger partial charge in [-0.15, -0.1) is 0 Å². The minimum atomic E-state index is -1.28. The highest BCUT2D eigenvalue weighted by Crippen LogP contribution is 2.18. The van der Waals surface area contributed by atoms with Gasteiger partial charge in [0.1, 0.15) is 11.8 Å². The van der Waals surface area contributed by atoms with E-state index in [-0.39, 0.29) is 17.9 Å². The van der Waals surface area contributed by atoms with Crippen molar-refractivity contribution in [3.63, 3.8) is 0 Å². The molecule has 6 nitrogen and oxygen atoms in total. The second-order valence-corrected chi connectivity index (χ2v) is 3.72. The van der Waals surface area contributed by atoms with Crippen molar-refractivity contribution in [2.45, 2.75) is 25.6 Å². The first-order valence-corrected chi connectivity index (χ1v) is 5.03. The molecule has 92 valence electrons. The first-order chi connectivity index (χ1) is 7.91. The Morgan fingerprint density at radius 2 is 2.06 bits per heavy atom. The van der Waals surface area contributed by atoms with Gasteiger partial charge in [0, 0.05) is 18.7 Å². The first kappa shape index (κ1) is 13.3.